The molecule has 0 aliphatic carbocycles. The summed E-state index contributed by atoms with van der Waals surface area (Å²) in [5.74, 6) is -0.440. The van der Waals surface area contributed by atoms with Crippen molar-refractivity contribution in [2.75, 3.05) is 14.2 Å². The highest BCUT2D eigenvalue weighted by Gasteiger charge is 2.30. The number of carbonyl (C=O) groups excluding carboxylic acids is 2. The molecule has 0 saturated carbocycles. The first-order valence-electron chi connectivity index (χ1n) is 8.98. The van der Waals surface area contributed by atoms with Gasteiger partial charge in [0.1, 0.15) is 11.6 Å². The highest BCUT2D eigenvalue weighted by atomic mass is 16.6. The Morgan fingerprint density at radius 3 is 2.00 bits per heavy atom. The Morgan fingerprint density at radius 1 is 1.04 bits per heavy atom. The van der Waals surface area contributed by atoms with Crippen LogP contribution in [0.25, 0.3) is 0 Å². The zero-order chi connectivity index (χ0) is 20.1. The van der Waals surface area contributed by atoms with Gasteiger partial charge in [-0.2, -0.15) is 0 Å². The molecule has 1 atom stereocenters. The molecule has 0 spiro atoms. The molecule has 0 unspecified atom stereocenters. The lowest BCUT2D eigenvalue weighted by atomic mass is 9.86. The minimum atomic E-state index is -0.683. The lowest BCUT2D eigenvalue weighted by molar-refractivity contribution is -0.146. The molecule has 0 aliphatic heterocycles. The van der Waals surface area contributed by atoms with Crippen LogP contribution in [0.4, 0.5) is 4.79 Å². The van der Waals surface area contributed by atoms with Crippen LogP contribution in [0.15, 0.2) is 24.3 Å². The minimum absolute atomic E-state index is 0.101. The van der Waals surface area contributed by atoms with E-state index in [1.165, 1.54) is 17.6 Å². The smallest absolute Gasteiger partial charge is 0.410 e. The Balaban J connectivity index is 2.82. The van der Waals surface area contributed by atoms with Gasteiger partial charge in [-0.05, 0) is 50.2 Å². The van der Waals surface area contributed by atoms with Crippen LogP contribution in [0.2, 0.25) is 0 Å². The van der Waals surface area contributed by atoms with Crippen molar-refractivity contribution in [1.82, 2.24) is 4.90 Å². The summed E-state index contributed by atoms with van der Waals surface area (Å²) in [5.41, 5.74) is 1.86. The molecular formula is C21H33NO4. The van der Waals surface area contributed by atoms with Crippen molar-refractivity contribution in [2.45, 2.75) is 71.4 Å². The molecule has 0 N–H and O–H groups in total. The molecule has 5 nitrogen and oxygen atoms in total. The molecule has 1 aromatic carbocycles. The topological polar surface area (TPSA) is 55.8 Å². The van der Waals surface area contributed by atoms with Gasteiger partial charge < -0.3 is 9.47 Å². The van der Waals surface area contributed by atoms with E-state index in [0.29, 0.717) is 12.8 Å². The molecule has 0 aromatic heterocycles. The summed E-state index contributed by atoms with van der Waals surface area (Å²) in [6.45, 7) is 11.9. The molecule has 0 saturated heterocycles. The third-order valence-electron chi connectivity index (χ3n) is 4.15. The average molecular weight is 363 g/mol. The van der Waals surface area contributed by atoms with Gasteiger partial charge in [0.15, 0.2) is 0 Å². The number of esters is 1. The van der Waals surface area contributed by atoms with Gasteiger partial charge in [0.25, 0.3) is 0 Å². The monoisotopic (exact) mass is 363 g/mol. The minimum Gasteiger partial charge on any atom is -0.467 e. The number of hydrogen-bond donors (Lipinski definition) is 0. The van der Waals surface area contributed by atoms with E-state index in [1.807, 2.05) is 0 Å². The number of amides is 1. The zero-order valence-electron chi connectivity index (χ0n) is 17.4. The molecule has 146 valence electrons. The van der Waals surface area contributed by atoms with E-state index in [0.717, 1.165) is 5.56 Å². The van der Waals surface area contributed by atoms with Crippen LogP contribution in [-0.2, 0) is 26.1 Å². The predicted molar refractivity (Wildman–Crippen MR) is 103 cm³/mol. The third-order valence-corrected chi connectivity index (χ3v) is 4.15. The summed E-state index contributed by atoms with van der Waals surface area (Å²) < 4.78 is 10.2. The summed E-state index contributed by atoms with van der Waals surface area (Å²) in [6, 6.07) is 7.68. The van der Waals surface area contributed by atoms with E-state index in [-0.39, 0.29) is 5.41 Å². The van der Waals surface area contributed by atoms with Gasteiger partial charge in [-0.25, -0.2) is 9.59 Å². The van der Waals surface area contributed by atoms with E-state index < -0.39 is 23.7 Å². The number of rotatable bonds is 5. The van der Waals surface area contributed by atoms with Crippen molar-refractivity contribution < 1.29 is 19.1 Å². The molecule has 0 fully saturated rings. The van der Waals surface area contributed by atoms with Gasteiger partial charge >= 0.3 is 12.1 Å². The fourth-order valence-corrected chi connectivity index (χ4v) is 2.54. The van der Waals surface area contributed by atoms with Crippen LogP contribution in [0, 0.1) is 0 Å². The van der Waals surface area contributed by atoms with Gasteiger partial charge in [-0.15, -0.1) is 0 Å². The second-order valence-corrected chi connectivity index (χ2v) is 8.62. The van der Waals surface area contributed by atoms with Crippen molar-refractivity contribution in [3.63, 3.8) is 0 Å². The molecule has 0 aliphatic rings. The molecule has 1 rings (SSSR count). The average Bonchev–Trinajstić information content (AvgIpc) is 2.52. The number of hydrogen-bond acceptors (Lipinski definition) is 4. The van der Waals surface area contributed by atoms with Crippen LogP contribution in [0.1, 0.15) is 59.1 Å². The highest BCUT2D eigenvalue weighted by molar-refractivity contribution is 5.81. The van der Waals surface area contributed by atoms with Gasteiger partial charge in [-0.3, -0.25) is 4.90 Å². The molecule has 5 heteroatoms. The van der Waals surface area contributed by atoms with Crippen LogP contribution in [0.3, 0.4) is 0 Å². The Labute approximate surface area is 157 Å². The largest absolute Gasteiger partial charge is 0.467 e. The highest BCUT2D eigenvalue weighted by Crippen LogP contribution is 2.23. The standard InChI is InChI=1S/C21H33NO4/c1-20(2,3)16-12-9-15(10-13-16)11-14-17(18(23)25-8)22(7)19(24)26-21(4,5)6/h9-10,12-13,17H,11,14H2,1-8H3/t17-/m0/s1. The molecule has 0 heterocycles. The summed E-state index contributed by atoms with van der Waals surface area (Å²) >= 11 is 0. The summed E-state index contributed by atoms with van der Waals surface area (Å²) in [5, 5.41) is 0. The molecule has 0 radical (unpaired) electrons. The lowest BCUT2D eigenvalue weighted by Crippen LogP contribution is -2.45. The van der Waals surface area contributed by atoms with Crippen LogP contribution >= 0.6 is 0 Å². The van der Waals surface area contributed by atoms with Crippen LogP contribution < -0.4 is 0 Å². The second-order valence-electron chi connectivity index (χ2n) is 8.62. The van der Waals surface area contributed by atoms with Gasteiger partial charge in [0.05, 0.1) is 7.11 Å². The first kappa shape index (κ1) is 22.0. The number of likely N-dealkylation sites (N-methyl/N-ethyl adjacent to an activating group) is 1. The second kappa shape index (κ2) is 8.56. The summed E-state index contributed by atoms with van der Waals surface area (Å²) in [6.07, 6.45) is 0.602. The first-order valence-corrected chi connectivity index (χ1v) is 8.98. The van der Waals surface area contributed by atoms with Gasteiger partial charge in [0, 0.05) is 7.05 Å². The van der Waals surface area contributed by atoms with E-state index >= 15 is 0 Å². The molecule has 1 amide bonds. The number of carbonyl (C=O) groups is 2. The number of benzene rings is 1. The van der Waals surface area contributed by atoms with Gasteiger partial charge in [-0.1, -0.05) is 45.0 Å². The number of methoxy groups -OCH3 is 1. The van der Waals surface area contributed by atoms with E-state index in [4.69, 9.17) is 9.47 Å². The van der Waals surface area contributed by atoms with Crippen LogP contribution in [-0.4, -0.2) is 42.8 Å². The molecular weight excluding hydrogens is 330 g/mol. The predicted octanol–water partition coefficient (Wildman–Crippen LogP) is 4.33. The van der Waals surface area contributed by atoms with E-state index in [9.17, 15) is 9.59 Å². The van der Waals surface area contributed by atoms with E-state index in [1.54, 1.807) is 27.8 Å². The normalized spacial score (nSPS) is 13.1. The third kappa shape index (κ3) is 6.70. The Morgan fingerprint density at radius 2 is 1.58 bits per heavy atom. The molecule has 0 bridgehead atoms. The Hall–Kier alpha value is -2.04. The number of ether oxygens (including phenoxy) is 2. The Bertz CT molecular complexity index is 608. The number of aryl methyl sites for hydroxylation is 1. The fourth-order valence-electron chi connectivity index (χ4n) is 2.54. The van der Waals surface area contributed by atoms with Gasteiger partial charge in [0.2, 0.25) is 0 Å². The fraction of sp³-hybridized carbons (Fsp3) is 0.619. The summed E-state index contributed by atoms with van der Waals surface area (Å²) in [7, 11) is 2.90. The van der Waals surface area contributed by atoms with Crippen molar-refractivity contribution in [2.24, 2.45) is 0 Å². The SMILES string of the molecule is COC(=O)[C@H](CCc1ccc(C(C)(C)C)cc1)N(C)C(=O)OC(C)(C)C. The maximum atomic E-state index is 12.3. The molecule has 1 aromatic rings. The maximum absolute atomic E-state index is 12.3. The van der Waals surface area contributed by atoms with Crippen molar-refractivity contribution >= 4 is 12.1 Å². The molecule has 26 heavy (non-hydrogen) atoms. The van der Waals surface area contributed by atoms with Crippen molar-refractivity contribution in [1.29, 1.82) is 0 Å². The zero-order valence-corrected chi connectivity index (χ0v) is 17.4. The lowest BCUT2D eigenvalue weighted by Gasteiger charge is -2.29. The van der Waals surface area contributed by atoms with Crippen molar-refractivity contribution in [3.05, 3.63) is 35.4 Å². The van der Waals surface area contributed by atoms with Crippen molar-refractivity contribution in [3.8, 4) is 0 Å². The number of nitrogens with zero attached hydrogens (tertiary/aromatic N) is 1. The van der Waals surface area contributed by atoms with Crippen LogP contribution in [0.5, 0.6) is 0 Å². The quantitative estimate of drug-likeness (QED) is 0.731. The maximum Gasteiger partial charge on any atom is 0.410 e. The first-order chi connectivity index (χ1) is 11.8. The Kier molecular flexibility index (Phi) is 7.25. The van der Waals surface area contributed by atoms with E-state index in [2.05, 4.69) is 45.0 Å². The summed E-state index contributed by atoms with van der Waals surface area (Å²) in [4.78, 5) is 25.8.